The second-order valence-electron chi connectivity index (χ2n) is 8.68. The minimum atomic E-state index is 0.730. The second-order valence-corrected chi connectivity index (χ2v) is 8.68. The number of hydrogen-bond donors (Lipinski definition) is 1. The van der Waals surface area contributed by atoms with E-state index in [1.807, 2.05) is 0 Å². The van der Waals surface area contributed by atoms with E-state index in [1.165, 1.54) is 43.4 Å². The Morgan fingerprint density at radius 3 is 2.21 bits per heavy atom. The number of aromatic nitrogens is 3. The molecule has 0 fully saturated rings. The highest BCUT2D eigenvalue weighted by molar-refractivity contribution is 6.13. The van der Waals surface area contributed by atoms with Crippen molar-refractivity contribution in [3.05, 3.63) is 102 Å². The highest BCUT2D eigenvalue weighted by Gasteiger charge is 2.17. The minimum Gasteiger partial charge on any atom is -0.259 e. The molecule has 156 valence electrons. The maximum Gasteiger partial charge on any atom is 0.182 e. The molecule has 7 rings (SSSR count). The Morgan fingerprint density at radius 2 is 1.36 bits per heavy atom. The van der Waals surface area contributed by atoms with Gasteiger partial charge in [0.2, 0.25) is 0 Å². The first-order valence-electron chi connectivity index (χ1n) is 11.4. The molecule has 0 saturated carbocycles. The van der Waals surface area contributed by atoms with Gasteiger partial charge in [-0.15, -0.1) is 0 Å². The zero-order chi connectivity index (χ0) is 21.8. The minimum absolute atomic E-state index is 0.730. The van der Waals surface area contributed by atoms with Crippen molar-refractivity contribution in [1.82, 2.24) is 15.2 Å². The van der Waals surface area contributed by atoms with Crippen LogP contribution in [0.4, 0.5) is 0 Å². The predicted molar refractivity (Wildman–Crippen MR) is 137 cm³/mol. The number of hydrogen-bond acceptors (Lipinski definition) is 2. The van der Waals surface area contributed by atoms with Gasteiger partial charge in [-0.05, 0) is 68.4 Å². The molecule has 0 spiro atoms. The average Bonchev–Trinajstić information content (AvgIpc) is 3.38. The number of H-pyrrole nitrogens is 1. The third-order valence-electron chi connectivity index (χ3n) is 6.79. The number of nitrogens with zero attached hydrogens (tertiary/aromatic N) is 2. The quantitative estimate of drug-likeness (QED) is 0.292. The molecule has 0 bridgehead atoms. The van der Waals surface area contributed by atoms with Gasteiger partial charge in [0.15, 0.2) is 11.6 Å². The average molecular weight is 424 g/mol. The molecule has 0 radical (unpaired) electrons. The lowest BCUT2D eigenvalue weighted by atomic mass is 9.89. The Kier molecular flexibility index (Phi) is 3.97. The fourth-order valence-corrected chi connectivity index (χ4v) is 5.24. The summed E-state index contributed by atoms with van der Waals surface area (Å²) in [5.41, 5.74) is 4.88. The molecule has 1 aliphatic carbocycles. The summed E-state index contributed by atoms with van der Waals surface area (Å²) in [4.78, 5) is 5.02. The van der Waals surface area contributed by atoms with E-state index < -0.39 is 0 Å². The topological polar surface area (TPSA) is 41.6 Å². The number of nitrogens with one attached hydrogen (secondary N) is 1. The van der Waals surface area contributed by atoms with Crippen molar-refractivity contribution < 1.29 is 0 Å². The number of fused-ring (bicyclic) bond motifs is 6. The fourth-order valence-electron chi connectivity index (χ4n) is 5.24. The van der Waals surface area contributed by atoms with Gasteiger partial charge in [0.1, 0.15) is 0 Å². The van der Waals surface area contributed by atoms with E-state index in [9.17, 15) is 0 Å². The van der Waals surface area contributed by atoms with Crippen LogP contribution in [0.3, 0.4) is 0 Å². The molecule has 0 saturated heterocycles. The number of rotatable bonds is 2. The second kappa shape index (κ2) is 7.14. The summed E-state index contributed by atoms with van der Waals surface area (Å²) in [6.07, 6.45) is 6.67. The van der Waals surface area contributed by atoms with Gasteiger partial charge in [0.05, 0.1) is 0 Å². The molecule has 33 heavy (non-hydrogen) atoms. The number of aryl methyl sites for hydroxylation is 1. The number of aromatic amines is 1. The summed E-state index contributed by atoms with van der Waals surface area (Å²) in [7, 11) is 0. The number of allylic oxidation sites excluding steroid dienone is 1. The van der Waals surface area contributed by atoms with E-state index in [-0.39, 0.29) is 0 Å². The molecule has 1 aliphatic rings. The standard InChI is InChI=1S/C30H21N3/c1-3-11-21-19(9-1)17-27(25-15-7-5-13-23(21)25)29-31-30(33-32-29)28-18-20-10-2-4-12-22(20)24-14-6-8-16-26(24)28/h1,3-9,11-18H,2,10H2,(H,31,32,33). The van der Waals surface area contributed by atoms with E-state index in [2.05, 4.69) is 107 Å². The van der Waals surface area contributed by atoms with Crippen LogP contribution >= 0.6 is 0 Å². The molecule has 1 N–H and O–H groups in total. The largest absolute Gasteiger partial charge is 0.259 e. The van der Waals surface area contributed by atoms with Crippen LogP contribution in [0.2, 0.25) is 0 Å². The first kappa shape index (κ1) is 18.3. The van der Waals surface area contributed by atoms with Crippen molar-refractivity contribution >= 4 is 38.4 Å². The Hall–Kier alpha value is -4.24. The Labute approximate surface area is 191 Å². The highest BCUT2D eigenvalue weighted by atomic mass is 15.2. The summed E-state index contributed by atoms with van der Waals surface area (Å²) in [5.74, 6) is 1.55. The Morgan fingerprint density at radius 1 is 0.667 bits per heavy atom. The predicted octanol–water partition coefficient (Wildman–Crippen LogP) is 7.56. The van der Waals surface area contributed by atoms with Gasteiger partial charge in [0, 0.05) is 11.1 Å². The van der Waals surface area contributed by atoms with E-state index in [0.29, 0.717) is 0 Å². The van der Waals surface area contributed by atoms with Crippen molar-refractivity contribution in [3.8, 4) is 22.8 Å². The van der Waals surface area contributed by atoms with Crippen molar-refractivity contribution in [1.29, 1.82) is 0 Å². The molecule has 0 atom stereocenters. The summed E-state index contributed by atoms with van der Waals surface area (Å²) in [6.45, 7) is 0. The van der Waals surface area contributed by atoms with E-state index in [0.717, 1.165) is 35.6 Å². The van der Waals surface area contributed by atoms with Gasteiger partial charge in [0.25, 0.3) is 0 Å². The smallest absolute Gasteiger partial charge is 0.182 e. The van der Waals surface area contributed by atoms with Gasteiger partial charge in [-0.3, -0.25) is 5.10 Å². The Bertz CT molecular complexity index is 1720. The van der Waals surface area contributed by atoms with Crippen molar-refractivity contribution in [2.75, 3.05) is 0 Å². The van der Waals surface area contributed by atoms with Crippen LogP contribution in [0.1, 0.15) is 17.5 Å². The number of benzene rings is 5. The molecule has 3 heteroatoms. The van der Waals surface area contributed by atoms with Crippen LogP contribution in [0.5, 0.6) is 0 Å². The third-order valence-corrected chi connectivity index (χ3v) is 6.79. The molecule has 1 heterocycles. The maximum atomic E-state index is 5.02. The van der Waals surface area contributed by atoms with Crippen LogP contribution in [0.25, 0.3) is 61.2 Å². The van der Waals surface area contributed by atoms with Crippen molar-refractivity contribution in [2.45, 2.75) is 12.8 Å². The van der Waals surface area contributed by atoms with Gasteiger partial charge in [-0.2, -0.15) is 5.10 Å². The van der Waals surface area contributed by atoms with Gasteiger partial charge < -0.3 is 0 Å². The molecule has 1 aromatic heterocycles. The zero-order valence-corrected chi connectivity index (χ0v) is 18.0. The van der Waals surface area contributed by atoms with Crippen LogP contribution in [0, 0.1) is 0 Å². The SMILES string of the molecule is C1=Cc2c(cc(-c3nc(-c4cc5ccccc5c5ccccc45)n[nH]3)c3ccccc23)CC1. The van der Waals surface area contributed by atoms with Gasteiger partial charge in [-0.25, -0.2) is 4.98 Å². The van der Waals surface area contributed by atoms with E-state index in [1.54, 1.807) is 0 Å². The van der Waals surface area contributed by atoms with Gasteiger partial charge >= 0.3 is 0 Å². The first-order chi connectivity index (χ1) is 16.4. The van der Waals surface area contributed by atoms with Crippen LogP contribution in [0.15, 0.2) is 91.0 Å². The highest BCUT2D eigenvalue weighted by Crippen LogP contribution is 2.37. The molecular formula is C30H21N3. The summed E-state index contributed by atoms with van der Waals surface area (Å²) < 4.78 is 0. The van der Waals surface area contributed by atoms with Crippen molar-refractivity contribution in [2.24, 2.45) is 0 Å². The lowest BCUT2D eigenvalue weighted by Crippen LogP contribution is -1.97. The molecule has 0 amide bonds. The summed E-state index contributed by atoms with van der Waals surface area (Å²) in [6, 6.07) is 30.1. The normalized spacial score (nSPS) is 13.1. The van der Waals surface area contributed by atoms with Crippen LogP contribution in [-0.2, 0) is 6.42 Å². The summed E-state index contributed by atoms with van der Waals surface area (Å²) in [5, 5.41) is 15.3. The maximum absolute atomic E-state index is 5.02. The van der Waals surface area contributed by atoms with Crippen LogP contribution < -0.4 is 0 Å². The zero-order valence-electron chi connectivity index (χ0n) is 18.0. The van der Waals surface area contributed by atoms with E-state index in [4.69, 9.17) is 4.98 Å². The molecule has 5 aromatic carbocycles. The molecule has 3 nitrogen and oxygen atoms in total. The van der Waals surface area contributed by atoms with Crippen molar-refractivity contribution in [3.63, 3.8) is 0 Å². The fraction of sp³-hybridized carbons (Fsp3) is 0.0667. The molecule has 6 aromatic rings. The first-order valence-corrected chi connectivity index (χ1v) is 11.4. The van der Waals surface area contributed by atoms with Gasteiger partial charge in [-0.1, -0.05) is 84.9 Å². The summed E-state index contributed by atoms with van der Waals surface area (Å²) >= 11 is 0. The molecule has 0 aliphatic heterocycles. The lowest BCUT2D eigenvalue weighted by Gasteiger charge is -2.16. The van der Waals surface area contributed by atoms with Crippen LogP contribution in [-0.4, -0.2) is 15.2 Å². The molecule has 0 unspecified atom stereocenters. The monoisotopic (exact) mass is 423 g/mol. The lowest BCUT2D eigenvalue weighted by molar-refractivity contribution is 0.989. The van der Waals surface area contributed by atoms with E-state index >= 15 is 0 Å². The Balaban J connectivity index is 1.46. The molecular weight excluding hydrogens is 402 g/mol. The third kappa shape index (κ3) is 2.82.